The van der Waals surface area contributed by atoms with Crippen LogP contribution in [-0.2, 0) is 35.8 Å². The molecule has 4 nitrogen and oxygen atoms in total. The summed E-state index contributed by atoms with van der Waals surface area (Å²) >= 11 is 0. The van der Waals surface area contributed by atoms with Crippen LogP contribution >= 0.6 is 7.92 Å². The van der Waals surface area contributed by atoms with Gasteiger partial charge in [-0.15, -0.1) is 12.6 Å². The third-order valence-corrected chi connectivity index (χ3v) is 10.0. The summed E-state index contributed by atoms with van der Waals surface area (Å²) in [5.41, 5.74) is 2.81. The first-order valence-corrected chi connectivity index (χ1v) is 15.0. The van der Waals surface area contributed by atoms with E-state index in [0.717, 1.165) is 40.6 Å². The molecule has 0 aliphatic heterocycles. The Kier molecular flexibility index (Phi) is 24.0. The van der Waals surface area contributed by atoms with Crippen molar-refractivity contribution in [3.05, 3.63) is 25.3 Å². The second-order valence-corrected chi connectivity index (χ2v) is 14.5. The van der Waals surface area contributed by atoms with Gasteiger partial charge < -0.3 is 24.0 Å². The topological polar surface area (TPSA) is 60.4 Å². The summed E-state index contributed by atoms with van der Waals surface area (Å²) in [6, 6.07) is 0. The molecule has 2 fully saturated rings. The van der Waals surface area contributed by atoms with Crippen LogP contribution in [0.2, 0.25) is 0 Å². The Morgan fingerprint density at radius 1 is 0.943 bits per heavy atom. The molecule has 0 aromatic carbocycles. The minimum atomic E-state index is -3.11. The van der Waals surface area contributed by atoms with Crippen molar-refractivity contribution in [2.75, 3.05) is 0 Å². The maximum absolute atomic E-state index is 9.58. The zero-order chi connectivity index (χ0) is 27.2. The third-order valence-electron chi connectivity index (χ3n) is 6.01. The molecule has 0 heterocycles. The van der Waals surface area contributed by atoms with Gasteiger partial charge in [0, 0.05) is 34.4 Å². The van der Waals surface area contributed by atoms with E-state index in [0.29, 0.717) is 12.2 Å². The first-order valence-electron chi connectivity index (χ1n) is 12.2. The maximum Gasteiger partial charge on any atom is 0.425 e. The van der Waals surface area contributed by atoms with Crippen LogP contribution in [-0.4, -0.2) is 41.8 Å². The van der Waals surface area contributed by atoms with Crippen molar-refractivity contribution in [3.63, 3.8) is 0 Å². The van der Waals surface area contributed by atoms with Crippen LogP contribution in [0.1, 0.15) is 82.1 Å². The van der Waals surface area contributed by atoms with E-state index in [2.05, 4.69) is 74.0 Å². The van der Waals surface area contributed by atoms with Crippen molar-refractivity contribution >= 4 is 18.5 Å². The van der Waals surface area contributed by atoms with Crippen LogP contribution < -0.4 is 0 Å². The van der Waals surface area contributed by atoms with Gasteiger partial charge in [0.25, 0.3) is 0 Å². The third kappa shape index (κ3) is 16.6. The molecule has 3 aliphatic carbocycles. The number of fused-ring (bicyclic) bond motifs is 5. The van der Waals surface area contributed by atoms with E-state index in [1.807, 2.05) is 13.8 Å². The fourth-order valence-corrected chi connectivity index (χ4v) is 9.55. The van der Waals surface area contributed by atoms with E-state index in [9.17, 15) is 13.2 Å². The average molecular weight is 637 g/mol. The van der Waals surface area contributed by atoms with Gasteiger partial charge in [0.05, 0.1) is 17.0 Å². The van der Waals surface area contributed by atoms with E-state index in [-0.39, 0.29) is 28.3 Å². The van der Waals surface area contributed by atoms with Crippen molar-refractivity contribution in [2.45, 2.75) is 111 Å². The smallest absolute Gasteiger partial charge is 0.425 e. The Morgan fingerprint density at radius 2 is 1.34 bits per heavy atom. The van der Waals surface area contributed by atoms with Gasteiger partial charge in [-0.1, -0.05) is 38.7 Å². The molecule has 2 saturated carbocycles. The number of hydrogen-bond acceptors (Lipinski definition) is 4. The number of allylic oxidation sites excluding steroid dienone is 2. The summed E-state index contributed by atoms with van der Waals surface area (Å²) in [5.74, 6) is 3.16. The molecular formula is C25H46F3O4PPdS-2. The molecule has 0 amide bonds. The van der Waals surface area contributed by atoms with Crippen LogP contribution in [0.15, 0.2) is 6.08 Å². The first kappa shape index (κ1) is 39.7. The Bertz CT molecular complexity index is 632. The zero-order valence-corrected chi connectivity index (χ0v) is 26.1. The predicted octanol–water partition coefficient (Wildman–Crippen LogP) is 7.42. The molecule has 3 rings (SSSR count). The maximum atomic E-state index is 9.58. The minimum Gasteiger partial charge on any atom is -0.499 e. The molecule has 0 aromatic rings. The molecule has 5 unspecified atom stereocenters. The van der Waals surface area contributed by atoms with Crippen molar-refractivity contribution in [1.29, 1.82) is 0 Å². The van der Waals surface area contributed by atoms with Crippen LogP contribution in [0, 0.1) is 42.8 Å². The van der Waals surface area contributed by atoms with Crippen LogP contribution in [0.3, 0.4) is 0 Å². The summed E-state index contributed by atoms with van der Waals surface area (Å²) in [6.07, 6.45) is 11.6. The number of ether oxygens (including phenoxy) is 1. The molecule has 0 spiro atoms. The summed E-state index contributed by atoms with van der Waals surface area (Å²) in [5, 5.41) is 0. The summed E-state index contributed by atoms with van der Waals surface area (Å²) < 4.78 is 60.0. The number of hydrogen-bond donors (Lipinski definition) is 0. The predicted molar refractivity (Wildman–Crippen MR) is 137 cm³/mol. The van der Waals surface area contributed by atoms with Gasteiger partial charge >= 0.3 is 10.6 Å². The van der Waals surface area contributed by atoms with Crippen molar-refractivity contribution in [2.24, 2.45) is 23.7 Å². The molecule has 0 radical (unpaired) electrons. The monoisotopic (exact) mass is 636 g/mol. The van der Waals surface area contributed by atoms with E-state index in [4.69, 9.17) is 17.4 Å². The normalized spacial score (nSPS) is 25.2. The summed E-state index contributed by atoms with van der Waals surface area (Å²) in [6.45, 7) is 19.4. The van der Waals surface area contributed by atoms with Crippen LogP contribution in [0.4, 0.5) is 13.2 Å². The fourth-order valence-electron chi connectivity index (χ4n) is 5.55. The molecule has 35 heavy (non-hydrogen) atoms. The van der Waals surface area contributed by atoms with Crippen LogP contribution in [0.25, 0.3) is 0 Å². The van der Waals surface area contributed by atoms with Gasteiger partial charge in [0.15, 0.2) is 6.68 Å². The molecule has 3 aliphatic rings. The Labute approximate surface area is 229 Å². The minimum absolute atomic E-state index is 0. The van der Waals surface area contributed by atoms with Gasteiger partial charge in [0.1, 0.15) is 0 Å². The van der Waals surface area contributed by atoms with Gasteiger partial charge in [0.2, 0.25) is 0 Å². The molecule has 10 heteroatoms. The Hall–Kier alpha value is 0.202. The van der Waals surface area contributed by atoms with Crippen molar-refractivity contribution in [3.8, 4) is 0 Å². The standard InChI is InChI=1S/C13H18O.C9H21P.C2H6.CF3.O3S.Pd/c1-8(2)14-13-7-9-6-12(13)11-5-3-4-10(9)11;1-7(2)10(8(3)4)9(5)6;1-2;2-1(3)4;1-4(2)3;/h3,7-13H,5-6H2,1-2H3;7-9H,1-6H3;1-2H3;;;/q-2;;;-1;;/p+1. The zero-order valence-electron chi connectivity index (χ0n) is 22.8. The molecule has 0 saturated heterocycles. The number of rotatable bonds is 5. The number of halogens is 3. The largest absolute Gasteiger partial charge is 0.499 e. The van der Waals surface area contributed by atoms with E-state index >= 15 is 0 Å². The fraction of sp³-hybridized carbons (Fsp3) is 0.840. The molecule has 0 N–H and O–H groups in total. The summed E-state index contributed by atoms with van der Waals surface area (Å²) in [7, 11) is -3.21. The van der Waals surface area contributed by atoms with Gasteiger partial charge in [-0.05, 0) is 61.3 Å². The quantitative estimate of drug-likeness (QED) is 0.179. The van der Waals surface area contributed by atoms with Gasteiger partial charge in [-0.25, -0.2) is 0 Å². The van der Waals surface area contributed by atoms with Crippen LogP contribution in [0.5, 0.6) is 0 Å². The summed E-state index contributed by atoms with van der Waals surface area (Å²) in [4.78, 5) is 0. The average Bonchev–Trinajstić information content (AvgIpc) is 3.34. The van der Waals surface area contributed by atoms with E-state index in [1.54, 1.807) is 0 Å². The van der Waals surface area contributed by atoms with E-state index < -0.39 is 17.3 Å². The SMILES string of the molecule is CC.CC(C)OC1[CH-]C2CC1C1CC=[C-]C21.CC(C)[PH+](C(C)C)C(C)C.F[C-](F)F.O=S(=O)=O.[Pd]. The molecule has 5 atom stereocenters. The molecule has 0 aromatic heterocycles. The second-order valence-electron chi connectivity index (χ2n) is 9.58. The molecule has 2 bridgehead atoms. The Morgan fingerprint density at radius 3 is 1.66 bits per heavy atom. The second kappa shape index (κ2) is 21.2. The Balaban J connectivity index is -0.000000431. The van der Waals surface area contributed by atoms with Crippen molar-refractivity contribution < 1.29 is 51.0 Å². The first-order chi connectivity index (χ1) is 15.7. The molecular weight excluding hydrogens is 591 g/mol. The van der Waals surface area contributed by atoms with E-state index in [1.165, 1.54) is 12.8 Å². The van der Waals surface area contributed by atoms with Gasteiger partial charge in [-0.2, -0.15) is 11.8 Å². The van der Waals surface area contributed by atoms with Crippen molar-refractivity contribution in [1.82, 2.24) is 0 Å². The molecule has 214 valence electrons. The van der Waals surface area contributed by atoms with Gasteiger partial charge in [-0.3, -0.25) is 12.5 Å².